The Balaban J connectivity index is 1.74. The fourth-order valence-corrected chi connectivity index (χ4v) is 1.94. The van der Waals surface area contributed by atoms with Gasteiger partial charge in [0.2, 0.25) is 0 Å². The molecule has 2 aromatic heterocycles. The number of nitrogens with one attached hydrogen (secondary N) is 2. The van der Waals surface area contributed by atoms with Crippen LogP contribution in [-0.4, -0.2) is 41.5 Å². The highest BCUT2D eigenvalue weighted by molar-refractivity contribution is 6.01. The topological polar surface area (TPSA) is 114 Å². The van der Waals surface area contributed by atoms with Crippen LogP contribution in [0, 0.1) is 5.82 Å². The Morgan fingerprint density at radius 3 is 2.76 bits per heavy atom. The van der Waals surface area contributed by atoms with Crippen LogP contribution in [0.1, 0.15) is 21.6 Å². The molecule has 13 heteroatoms. The summed E-state index contributed by atoms with van der Waals surface area (Å²) in [4.78, 5) is 11.9. The Morgan fingerprint density at radius 1 is 1.28 bits per heavy atom. The number of halogens is 4. The number of hydrogen-bond acceptors (Lipinski definition) is 6. The van der Waals surface area contributed by atoms with Gasteiger partial charge in [0.15, 0.2) is 5.69 Å². The molecular formula is C12H8F4N8O. The second kappa shape index (κ2) is 6.26. The molecule has 130 valence electrons. The lowest BCUT2D eigenvalue weighted by molar-refractivity contribution is -0.140. The number of aromatic nitrogens is 7. The van der Waals surface area contributed by atoms with Gasteiger partial charge in [0.05, 0.1) is 18.3 Å². The summed E-state index contributed by atoms with van der Waals surface area (Å²) in [5.74, 6) is -2.12. The third kappa shape index (κ3) is 3.76. The number of rotatable bonds is 4. The minimum absolute atomic E-state index is 0.0760. The molecule has 2 heterocycles. The standard InChI is InChI=1S/C12H8F4N8O/c13-8-2-1-6(3-7(8)12(14,15)16)4-24-5-9(18-23-24)10(25)17-11-19-21-22-20-11/h1-3,5H,4H2,(H2,17,19,20,21,22,25). The smallest absolute Gasteiger partial charge is 0.286 e. The Bertz CT molecular complexity index is 889. The fraction of sp³-hybridized carbons (Fsp3) is 0.167. The summed E-state index contributed by atoms with van der Waals surface area (Å²) in [7, 11) is 0. The highest BCUT2D eigenvalue weighted by Gasteiger charge is 2.34. The maximum atomic E-state index is 13.3. The Morgan fingerprint density at radius 2 is 2.08 bits per heavy atom. The SMILES string of the molecule is O=C(Nc1nn[nH]n1)c1cn(Cc2ccc(F)c(C(F)(F)F)c2)nn1. The van der Waals surface area contributed by atoms with Gasteiger partial charge in [-0.2, -0.15) is 18.4 Å². The molecular weight excluding hydrogens is 348 g/mol. The van der Waals surface area contributed by atoms with Gasteiger partial charge in [0, 0.05) is 0 Å². The molecule has 25 heavy (non-hydrogen) atoms. The summed E-state index contributed by atoms with van der Waals surface area (Å²) >= 11 is 0. The highest BCUT2D eigenvalue weighted by atomic mass is 19.4. The summed E-state index contributed by atoms with van der Waals surface area (Å²) in [5.41, 5.74) is -1.34. The molecule has 2 N–H and O–H groups in total. The first-order valence-electron chi connectivity index (χ1n) is 6.63. The Labute approximate surface area is 136 Å². The third-order valence-corrected chi connectivity index (χ3v) is 3.02. The van der Waals surface area contributed by atoms with Crippen molar-refractivity contribution in [1.82, 2.24) is 35.6 Å². The number of aromatic amines is 1. The lowest BCUT2D eigenvalue weighted by Crippen LogP contribution is -2.13. The number of carbonyl (C=O) groups excluding carboxylic acids is 1. The average molecular weight is 356 g/mol. The second-order valence-corrected chi connectivity index (χ2v) is 4.80. The molecule has 0 saturated heterocycles. The van der Waals surface area contributed by atoms with E-state index in [1.165, 1.54) is 12.3 Å². The van der Waals surface area contributed by atoms with Crippen molar-refractivity contribution in [1.29, 1.82) is 0 Å². The van der Waals surface area contributed by atoms with Crippen LogP contribution in [0.5, 0.6) is 0 Å². The van der Waals surface area contributed by atoms with E-state index in [1.807, 2.05) is 0 Å². The van der Waals surface area contributed by atoms with E-state index in [1.54, 1.807) is 0 Å². The number of hydrogen-bond donors (Lipinski definition) is 2. The van der Waals surface area contributed by atoms with Crippen molar-refractivity contribution in [2.75, 3.05) is 5.32 Å². The van der Waals surface area contributed by atoms with Crippen LogP contribution in [0.15, 0.2) is 24.4 Å². The lowest BCUT2D eigenvalue weighted by atomic mass is 10.1. The molecule has 0 aliphatic rings. The van der Waals surface area contributed by atoms with E-state index in [9.17, 15) is 22.4 Å². The number of carbonyl (C=O) groups is 1. The largest absolute Gasteiger partial charge is 0.419 e. The van der Waals surface area contributed by atoms with Gasteiger partial charge in [0.25, 0.3) is 11.9 Å². The predicted molar refractivity (Wildman–Crippen MR) is 72.7 cm³/mol. The van der Waals surface area contributed by atoms with Gasteiger partial charge < -0.3 is 0 Å². The molecule has 0 aliphatic carbocycles. The van der Waals surface area contributed by atoms with Crippen LogP contribution in [0.2, 0.25) is 0 Å². The molecule has 0 aliphatic heterocycles. The van der Waals surface area contributed by atoms with Crippen LogP contribution < -0.4 is 5.32 Å². The normalized spacial score (nSPS) is 11.5. The molecule has 0 radical (unpaired) electrons. The molecule has 0 spiro atoms. The molecule has 3 rings (SSSR count). The minimum atomic E-state index is -4.81. The van der Waals surface area contributed by atoms with Gasteiger partial charge in [-0.05, 0) is 22.9 Å². The van der Waals surface area contributed by atoms with E-state index in [2.05, 4.69) is 36.3 Å². The van der Waals surface area contributed by atoms with Crippen molar-refractivity contribution in [3.63, 3.8) is 0 Å². The molecule has 1 amide bonds. The van der Waals surface area contributed by atoms with E-state index < -0.39 is 23.5 Å². The number of alkyl halides is 3. The molecule has 0 unspecified atom stereocenters. The zero-order valence-electron chi connectivity index (χ0n) is 12.1. The first kappa shape index (κ1) is 16.5. The summed E-state index contributed by atoms with van der Waals surface area (Å²) in [6.45, 7) is -0.133. The van der Waals surface area contributed by atoms with Crippen LogP contribution in [-0.2, 0) is 12.7 Å². The summed E-state index contributed by atoms with van der Waals surface area (Å²) in [5, 5.41) is 22.0. The zero-order chi connectivity index (χ0) is 18.0. The highest BCUT2D eigenvalue weighted by Crippen LogP contribution is 2.32. The number of H-pyrrole nitrogens is 1. The number of tetrazole rings is 1. The van der Waals surface area contributed by atoms with E-state index in [0.717, 1.165) is 10.7 Å². The minimum Gasteiger partial charge on any atom is -0.286 e. The first-order chi connectivity index (χ1) is 11.8. The van der Waals surface area contributed by atoms with Gasteiger partial charge in [-0.1, -0.05) is 16.4 Å². The van der Waals surface area contributed by atoms with Gasteiger partial charge in [-0.15, -0.1) is 10.2 Å². The van der Waals surface area contributed by atoms with E-state index in [-0.39, 0.29) is 23.8 Å². The molecule has 0 saturated carbocycles. The summed E-state index contributed by atoms with van der Waals surface area (Å²) < 4.78 is 52.5. The van der Waals surface area contributed by atoms with Gasteiger partial charge >= 0.3 is 6.18 Å². The molecule has 0 bridgehead atoms. The molecule has 1 aromatic carbocycles. The van der Waals surface area contributed by atoms with Crippen molar-refractivity contribution in [2.24, 2.45) is 0 Å². The number of benzene rings is 1. The second-order valence-electron chi connectivity index (χ2n) is 4.80. The van der Waals surface area contributed by atoms with Crippen LogP contribution in [0.25, 0.3) is 0 Å². The van der Waals surface area contributed by atoms with Gasteiger partial charge in [-0.25, -0.2) is 9.07 Å². The molecule has 0 atom stereocenters. The maximum absolute atomic E-state index is 13.3. The van der Waals surface area contributed by atoms with Crippen molar-refractivity contribution in [3.05, 3.63) is 47.0 Å². The maximum Gasteiger partial charge on any atom is 0.419 e. The number of amides is 1. The monoisotopic (exact) mass is 356 g/mol. The fourth-order valence-electron chi connectivity index (χ4n) is 1.94. The van der Waals surface area contributed by atoms with E-state index >= 15 is 0 Å². The average Bonchev–Trinajstić information content (AvgIpc) is 3.20. The van der Waals surface area contributed by atoms with Gasteiger partial charge in [-0.3, -0.25) is 10.1 Å². The molecule has 0 fully saturated rings. The Hall–Kier alpha value is -3.38. The van der Waals surface area contributed by atoms with Crippen LogP contribution >= 0.6 is 0 Å². The number of nitrogens with zero attached hydrogens (tertiary/aromatic N) is 6. The van der Waals surface area contributed by atoms with E-state index in [4.69, 9.17) is 0 Å². The van der Waals surface area contributed by atoms with Crippen LogP contribution in [0.4, 0.5) is 23.5 Å². The third-order valence-electron chi connectivity index (χ3n) is 3.02. The quantitative estimate of drug-likeness (QED) is 0.680. The van der Waals surface area contributed by atoms with Crippen molar-refractivity contribution >= 4 is 11.9 Å². The van der Waals surface area contributed by atoms with Crippen molar-refractivity contribution < 1.29 is 22.4 Å². The van der Waals surface area contributed by atoms with Crippen molar-refractivity contribution in [2.45, 2.75) is 12.7 Å². The lowest BCUT2D eigenvalue weighted by Gasteiger charge is -2.09. The first-order valence-corrected chi connectivity index (χ1v) is 6.63. The Kier molecular flexibility index (Phi) is 4.12. The summed E-state index contributed by atoms with van der Waals surface area (Å²) in [6, 6.07) is 2.58. The van der Waals surface area contributed by atoms with E-state index in [0.29, 0.717) is 6.07 Å². The van der Waals surface area contributed by atoms with Gasteiger partial charge in [0.1, 0.15) is 5.82 Å². The zero-order valence-corrected chi connectivity index (χ0v) is 12.1. The molecule has 9 nitrogen and oxygen atoms in total. The predicted octanol–water partition coefficient (Wildman–Crippen LogP) is 1.25. The molecule has 3 aromatic rings. The number of anilines is 1. The summed E-state index contributed by atoms with van der Waals surface area (Å²) in [6.07, 6.45) is -3.59. The van der Waals surface area contributed by atoms with Crippen LogP contribution in [0.3, 0.4) is 0 Å². The van der Waals surface area contributed by atoms with Crippen molar-refractivity contribution in [3.8, 4) is 0 Å².